The Kier molecular flexibility index (Phi) is 4.32. The Labute approximate surface area is 142 Å². The van der Waals surface area contributed by atoms with Crippen molar-refractivity contribution in [3.05, 3.63) is 52.8 Å². The zero-order valence-electron chi connectivity index (χ0n) is 13.8. The fourth-order valence-corrected chi connectivity index (χ4v) is 3.24. The molecule has 1 fully saturated rings. The summed E-state index contributed by atoms with van der Waals surface area (Å²) in [6.45, 7) is 1.77. The normalized spacial score (nSPS) is 21.0. The molecule has 0 spiro atoms. The van der Waals surface area contributed by atoms with Crippen LogP contribution in [0.2, 0.25) is 0 Å². The molecular formula is C17H18F3N3O2. The number of aliphatic hydroxyl groups is 1. The van der Waals surface area contributed by atoms with Crippen LogP contribution in [0.4, 0.5) is 13.2 Å². The van der Waals surface area contributed by atoms with Crippen molar-refractivity contribution in [1.29, 1.82) is 0 Å². The van der Waals surface area contributed by atoms with Crippen LogP contribution in [0.3, 0.4) is 0 Å². The third-order valence-electron chi connectivity index (χ3n) is 4.38. The van der Waals surface area contributed by atoms with Gasteiger partial charge in [-0.25, -0.2) is 0 Å². The molecular weight excluding hydrogens is 335 g/mol. The number of halogens is 3. The van der Waals surface area contributed by atoms with Gasteiger partial charge in [0.2, 0.25) is 0 Å². The van der Waals surface area contributed by atoms with Gasteiger partial charge >= 0.3 is 6.18 Å². The molecule has 134 valence electrons. The van der Waals surface area contributed by atoms with Crippen LogP contribution in [0.15, 0.2) is 30.5 Å². The Balaban J connectivity index is 1.95. The lowest BCUT2D eigenvalue weighted by atomic mass is 10.0. The lowest BCUT2D eigenvalue weighted by Gasteiger charge is -2.25. The number of β-amino-alcohol motifs (C(OH)–C–C–N with tert-alkyl or cyclic N) is 1. The topological polar surface area (TPSA) is 58.4 Å². The maximum atomic E-state index is 13.0. The first-order chi connectivity index (χ1) is 11.7. The van der Waals surface area contributed by atoms with Crippen molar-refractivity contribution in [3.63, 3.8) is 0 Å². The number of nitrogens with zero attached hydrogens (tertiary/aromatic N) is 3. The summed E-state index contributed by atoms with van der Waals surface area (Å²) in [5.41, 5.74) is 0.517. The van der Waals surface area contributed by atoms with Crippen molar-refractivity contribution in [2.45, 2.75) is 31.7 Å². The van der Waals surface area contributed by atoms with E-state index in [0.29, 0.717) is 16.8 Å². The first-order valence-electron chi connectivity index (χ1n) is 7.83. The zero-order valence-corrected chi connectivity index (χ0v) is 13.8. The minimum Gasteiger partial charge on any atom is -0.391 e. The molecule has 0 radical (unpaired) electrons. The predicted molar refractivity (Wildman–Crippen MR) is 83.8 cm³/mol. The number of carbonyl (C=O) groups excluding carboxylic acids is 1. The third-order valence-corrected chi connectivity index (χ3v) is 4.38. The van der Waals surface area contributed by atoms with Crippen molar-refractivity contribution in [2.24, 2.45) is 7.05 Å². The minimum absolute atomic E-state index is 0.0775. The molecule has 8 heteroatoms. The van der Waals surface area contributed by atoms with Gasteiger partial charge in [0.15, 0.2) is 0 Å². The highest BCUT2D eigenvalue weighted by Crippen LogP contribution is 2.37. The maximum absolute atomic E-state index is 13.0. The fourth-order valence-electron chi connectivity index (χ4n) is 3.24. The van der Waals surface area contributed by atoms with Crippen LogP contribution in [0.1, 0.15) is 39.6 Å². The van der Waals surface area contributed by atoms with Crippen molar-refractivity contribution in [1.82, 2.24) is 14.7 Å². The highest BCUT2D eigenvalue weighted by Gasteiger charge is 2.38. The van der Waals surface area contributed by atoms with Gasteiger partial charge in [0, 0.05) is 19.8 Å². The van der Waals surface area contributed by atoms with Gasteiger partial charge in [-0.2, -0.15) is 18.3 Å². The Hall–Kier alpha value is -2.35. The molecule has 1 saturated heterocycles. The highest BCUT2D eigenvalue weighted by molar-refractivity contribution is 5.95. The van der Waals surface area contributed by atoms with E-state index < -0.39 is 23.9 Å². The Morgan fingerprint density at radius 1 is 1.36 bits per heavy atom. The maximum Gasteiger partial charge on any atom is 0.416 e. The van der Waals surface area contributed by atoms with Crippen LogP contribution in [0.25, 0.3) is 0 Å². The molecule has 25 heavy (non-hydrogen) atoms. The van der Waals surface area contributed by atoms with Crippen LogP contribution in [-0.2, 0) is 13.2 Å². The number of amides is 1. The minimum atomic E-state index is -4.46. The Bertz CT molecular complexity index is 801. The number of aromatic nitrogens is 2. The summed E-state index contributed by atoms with van der Waals surface area (Å²) >= 11 is 0. The molecule has 1 aliphatic rings. The number of rotatable bonds is 2. The molecule has 0 aliphatic carbocycles. The van der Waals surface area contributed by atoms with E-state index in [4.69, 9.17) is 0 Å². The summed E-state index contributed by atoms with van der Waals surface area (Å²) in [6.07, 6.45) is -3.46. The smallest absolute Gasteiger partial charge is 0.391 e. The number of aliphatic hydroxyl groups excluding tert-OH is 1. The molecule has 0 saturated carbocycles. The first kappa shape index (κ1) is 17.5. The number of hydrogen-bond donors (Lipinski definition) is 1. The van der Waals surface area contributed by atoms with E-state index in [2.05, 4.69) is 5.10 Å². The van der Waals surface area contributed by atoms with Gasteiger partial charge in [-0.15, -0.1) is 0 Å². The summed E-state index contributed by atoms with van der Waals surface area (Å²) in [7, 11) is 1.69. The fraction of sp³-hybridized carbons (Fsp3) is 0.412. The largest absolute Gasteiger partial charge is 0.416 e. The number of hydrogen-bond acceptors (Lipinski definition) is 3. The quantitative estimate of drug-likeness (QED) is 0.903. The van der Waals surface area contributed by atoms with Gasteiger partial charge in [0.25, 0.3) is 5.91 Å². The highest BCUT2D eigenvalue weighted by atomic mass is 19.4. The lowest BCUT2D eigenvalue weighted by molar-refractivity contribution is -0.137. The monoisotopic (exact) mass is 353 g/mol. The van der Waals surface area contributed by atoms with Gasteiger partial charge in [-0.05, 0) is 31.0 Å². The van der Waals surface area contributed by atoms with Crippen molar-refractivity contribution < 1.29 is 23.1 Å². The number of likely N-dealkylation sites (tertiary alicyclic amines) is 1. The van der Waals surface area contributed by atoms with Crippen LogP contribution >= 0.6 is 0 Å². The molecule has 0 unspecified atom stereocenters. The predicted octanol–water partition coefficient (Wildman–Crippen LogP) is 2.70. The van der Waals surface area contributed by atoms with E-state index in [9.17, 15) is 23.1 Å². The van der Waals surface area contributed by atoms with E-state index in [-0.39, 0.29) is 18.9 Å². The van der Waals surface area contributed by atoms with Crippen molar-refractivity contribution in [3.8, 4) is 0 Å². The summed E-state index contributed by atoms with van der Waals surface area (Å²) in [5, 5.41) is 14.1. The van der Waals surface area contributed by atoms with Gasteiger partial charge in [-0.1, -0.05) is 12.1 Å². The van der Waals surface area contributed by atoms with Crippen LogP contribution in [0.5, 0.6) is 0 Å². The molecule has 3 rings (SSSR count). The molecule has 1 amide bonds. The first-order valence-corrected chi connectivity index (χ1v) is 7.83. The van der Waals surface area contributed by atoms with Gasteiger partial charge < -0.3 is 10.0 Å². The average Bonchev–Trinajstić information content (AvgIpc) is 3.08. The van der Waals surface area contributed by atoms with E-state index in [1.807, 2.05) is 0 Å². The Morgan fingerprint density at radius 3 is 2.68 bits per heavy atom. The van der Waals surface area contributed by atoms with Crippen molar-refractivity contribution in [2.75, 3.05) is 6.54 Å². The second kappa shape index (κ2) is 6.18. The molecule has 1 aliphatic heterocycles. The molecule has 0 bridgehead atoms. The summed E-state index contributed by atoms with van der Waals surface area (Å²) in [4.78, 5) is 14.3. The van der Waals surface area contributed by atoms with Crippen LogP contribution < -0.4 is 0 Å². The summed E-state index contributed by atoms with van der Waals surface area (Å²) in [6, 6.07) is 4.30. The SMILES string of the molecule is Cc1nn(C)cc1C(=O)N1C[C@@H](O)C[C@@H]1c1cccc(C(F)(F)F)c1. The molecule has 2 heterocycles. The molecule has 2 aromatic rings. The lowest BCUT2D eigenvalue weighted by Crippen LogP contribution is -2.32. The van der Waals surface area contributed by atoms with Gasteiger partial charge in [-0.3, -0.25) is 9.48 Å². The van der Waals surface area contributed by atoms with E-state index in [0.717, 1.165) is 12.1 Å². The van der Waals surface area contributed by atoms with E-state index in [1.54, 1.807) is 26.2 Å². The zero-order chi connectivity index (χ0) is 18.4. The second-order valence-electron chi connectivity index (χ2n) is 6.29. The molecule has 1 aromatic carbocycles. The number of benzene rings is 1. The van der Waals surface area contributed by atoms with E-state index >= 15 is 0 Å². The van der Waals surface area contributed by atoms with Crippen LogP contribution in [0, 0.1) is 6.92 Å². The molecule has 1 aromatic heterocycles. The number of carbonyl (C=O) groups is 1. The average molecular weight is 353 g/mol. The molecule has 5 nitrogen and oxygen atoms in total. The molecule has 1 N–H and O–H groups in total. The van der Waals surface area contributed by atoms with Crippen LogP contribution in [-0.4, -0.2) is 38.3 Å². The van der Waals surface area contributed by atoms with Gasteiger partial charge in [0.1, 0.15) is 0 Å². The van der Waals surface area contributed by atoms with Gasteiger partial charge in [0.05, 0.1) is 29.0 Å². The second-order valence-corrected chi connectivity index (χ2v) is 6.29. The molecule has 2 atom stereocenters. The summed E-state index contributed by atoms with van der Waals surface area (Å²) in [5.74, 6) is -0.343. The number of aryl methyl sites for hydroxylation is 2. The Morgan fingerprint density at radius 2 is 2.08 bits per heavy atom. The third kappa shape index (κ3) is 3.39. The standard InChI is InChI=1S/C17H18F3N3O2/c1-10-14(9-22(2)21-10)16(25)23-8-13(24)7-15(23)11-4-3-5-12(6-11)17(18,19)20/h3-6,9,13,15,24H,7-8H2,1-2H3/t13-,15+/m0/s1. The van der Waals surface area contributed by atoms with E-state index in [1.165, 1.54) is 15.6 Å². The van der Waals surface area contributed by atoms with Crippen molar-refractivity contribution >= 4 is 5.91 Å². The number of alkyl halides is 3. The summed E-state index contributed by atoms with van der Waals surface area (Å²) < 4.78 is 40.4.